The van der Waals surface area contributed by atoms with Crippen molar-refractivity contribution in [1.82, 2.24) is 0 Å². The van der Waals surface area contributed by atoms with Crippen molar-refractivity contribution < 1.29 is 23.4 Å². The molecule has 0 atom stereocenters. The summed E-state index contributed by atoms with van der Waals surface area (Å²) < 4.78 is 30.4. The molecule has 1 rings (SSSR count). The first-order valence-corrected chi connectivity index (χ1v) is 3.91. The van der Waals surface area contributed by atoms with E-state index < -0.39 is 28.9 Å². The Bertz CT molecular complexity index is 340. The molecule has 0 aromatic heterocycles. The molecule has 0 aliphatic carbocycles. The number of benzene rings is 1. The Morgan fingerprint density at radius 2 is 1.93 bits per heavy atom. The molecule has 0 saturated carbocycles. The molecule has 1 aromatic rings. The maximum Gasteiger partial charge on any atom is 0.344 e. The van der Waals surface area contributed by atoms with Crippen LogP contribution in [0.25, 0.3) is 0 Å². The number of carbonyl (C=O) groups is 1. The summed E-state index contributed by atoms with van der Waals surface area (Å²) in [5.74, 6) is -3.93. The predicted molar refractivity (Wildman–Crippen MR) is 44.0 cm³/mol. The van der Waals surface area contributed by atoms with Crippen LogP contribution in [0.15, 0.2) is 12.1 Å². The summed E-state index contributed by atoms with van der Waals surface area (Å²) in [5.41, 5.74) is -0.787. The van der Waals surface area contributed by atoms with Crippen LogP contribution in [0.2, 0.25) is 0 Å². The van der Waals surface area contributed by atoms with Crippen LogP contribution in [-0.2, 0) is 4.74 Å². The number of phenols is 1. The highest BCUT2D eigenvalue weighted by Crippen LogP contribution is 2.20. The van der Waals surface area contributed by atoms with Crippen molar-refractivity contribution in [2.24, 2.45) is 0 Å². The first-order chi connectivity index (χ1) is 6.56. The van der Waals surface area contributed by atoms with Crippen LogP contribution in [0.5, 0.6) is 5.75 Å². The van der Waals surface area contributed by atoms with Gasteiger partial charge in [-0.3, -0.25) is 0 Å². The fourth-order valence-corrected chi connectivity index (χ4v) is 0.958. The van der Waals surface area contributed by atoms with Gasteiger partial charge in [0.15, 0.2) is 0 Å². The first kappa shape index (κ1) is 10.4. The van der Waals surface area contributed by atoms with Gasteiger partial charge in [0.1, 0.15) is 22.9 Å². The van der Waals surface area contributed by atoms with Crippen LogP contribution in [-0.4, -0.2) is 17.7 Å². The van der Waals surface area contributed by atoms with Gasteiger partial charge < -0.3 is 9.84 Å². The lowest BCUT2D eigenvalue weighted by Gasteiger charge is -2.04. The van der Waals surface area contributed by atoms with Gasteiger partial charge in [0, 0.05) is 12.1 Å². The molecular weight excluding hydrogens is 194 g/mol. The minimum Gasteiger partial charge on any atom is -0.508 e. The number of hydrogen-bond acceptors (Lipinski definition) is 3. The van der Waals surface area contributed by atoms with Crippen LogP contribution < -0.4 is 0 Å². The molecule has 76 valence electrons. The van der Waals surface area contributed by atoms with Crippen molar-refractivity contribution >= 4 is 5.97 Å². The number of phenolic OH excluding ortho intramolecular Hbond substituents is 1. The zero-order valence-corrected chi connectivity index (χ0v) is 7.38. The van der Waals surface area contributed by atoms with Crippen LogP contribution in [0.1, 0.15) is 17.3 Å². The fraction of sp³-hybridized carbons (Fsp3) is 0.222. The van der Waals surface area contributed by atoms with E-state index in [9.17, 15) is 13.6 Å². The Morgan fingerprint density at radius 1 is 1.43 bits per heavy atom. The van der Waals surface area contributed by atoms with Crippen molar-refractivity contribution in [3.05, 3.63) is 29.3 Å². The molecule has 0 aliphatic rings. The van der Waals surface area contributed by atoms with E-state index in [1.54, 1.807) is 0 Å². The molecule has 0 amide bonds. The molecule has 0 radical (unpaired) electrons. The van der Waals surface area contributed by atoms with Crippen molar-refractivity contribution in [3.8, 4) is 5.75 Å². The van der Waals surface area contributed by atoms with E-state index in [2.05, 4.69) is 4.74 Å². The highest BCUT2D eigenvalue weighted by atomic mass is 19.1. The Balaban J connectivity index is 3.14. The molecule has 0 aliphatic heterocycles. The summed E-state index contributed by atoms with van der Waals surface area (Å²) in [4.78, 5) is 11.0. The van der Waals surface area contributed by atoms with Crippen molar-refractivity contribution in [3.63, 3.8) is 0 Å². The second-order valence-electron chi connectivity index (χ2n) is 2.50. The van der Waals surface area contributed by atoms with Crippen LogP contribution >= 0.6 is 0 Å². The van der Waals surface area contributed by atoms with Gasteiger partial charge in [-0.1, -0.05) is 0 Å². The molecule has 0 bridgehead atoms. The normalized spacial score (nSPS) is 9.93. The maximum atomic E-state index is 13.0. The average molecular weight is 202 g/mol. The molecule has 1 N–H and O–H groups in total. The highest BCUT2D eigenvalue weighted by Gasteiger charge is 2.19. The van der Waals surface area contributed by atoms with Gasteiger partial charge in [-0.25, -0.2) is 13.6 Å². The van der Waals surface area contributed by atoms with E-state index in [-0.39, 0.29) is 6.61 Å². The van der Waals surface area contributed by atoms with Gasteiger partial charge in [-0.15, -0.1) is 0 Å². The summed E-state index contributed by atoms with van der Waals surface area (Å²) in [6.07, 6.45) is 0. The van der Waals surface area contributed by atoms with E-state index in [1.807, 2.05) is 0 Å². The lowest BCUT2D eigenvalue weighted by Crippen LogP contribution is -2.09. The molecule has 3 nitrogen and oxygen atoms in total. The molecule has 5 heteroatoms. The average Bonchev–Trinajstić information content (AvgIpc) is 2.01. The number of esters is 1. The topological polar surface area (TPSA) is 46.5 Å². The van der Waals surface area contributed by atoms with Gasteiger partial charge in [0.25, 0.3) is 0 Å². The number of carbonyl (C=O) groups excluding carboxylic acids is 1. The van der Waals surface area contributed by atoms with Crippen molar-refractivity contribution in [1.29, 1.82) is 0 Å². The zero-order valence-electron chi connectivity index (χ0n) is 7.38. The number of aromatic hydroxyl groups is 1. The third-order valence-electron chi connectivity index (χ3n) is 1.51. The lowest BCUT2D eigenvalue weighted by molar-refractivity contribution is 0.0515. The quantitative estimate of drug-likeness (QED) is 0.744. The van der Waals surface area contributed by atoms with Crippen LogP contribution in [0, 0.1) is 11.6 Å². The minimum absolute atomic E-state index is 0.0264. The SMILES string of the molecule is CCOC(=O)c1c(F)cc(O)cc1F. The van der Waals surface area contributed by atoms with E-state index in [4.69, 9.17) is 5.11 Å². The minimum atomic E-state index is -1.14. The second kappa shape index (κ2) is 4.04. The summed E-state index contributed by atoms with van der Waals surface area (Å²) in [6.45, 7) is 1.55. The van der Waals surface area contributed by atoms with Gasteiger partial charge in [0.2, 0.25) is 0 Å². The standard InChI is InChI=1S/C9H8F2O3/c1-2-14-9(13)8-6(10)3-5(12)4-7(8)11/h3-4,12H,2H2,1H3. The summed E-state index contributed by atoms with van der Waals surface area (Å²) in [7, 11) is 0. The molecule has 0 spiro atoms. The summed E-state index contributed by atoms with van der Waals surface area (Å²) in [6, 6.07) is 1.30. The van der Waals surface area contributed by atoms with Crippen molar-refractivity contribution in [2.45, 2.75) is 6.92 Å². The van der Waals surface area contributed by atoms with Crippen molar-refractivity contribution in [2.75, 3.05) is 6.61 Å². The Kier molecular flexibility index (Phi) is 3.01. The molecular formula is C9H8F2O3. The van der Waals surface area contributed by atoms with Crippen LogP contribution in [0.3, 0.4) is 0 Å². The zero-order chi connectivity index (χ0) is 10.7. The van der Waals surface area contributed by atoms with Gasteiger partial charge >= 0.3 is 5.97 Å². The number of halogens is 2. The van der Waals surface area contributed by atoms with E-state index in [1.165, 1.54) is 6.92 Å². The fourth-order valence-electron chi connectivity index (χ4n) is 0.958. The number of ether oxygens (including phenoxy) is 1. The molecule has 14 heavy (non-hydrogen) atoms. The maximum absolute atomic E-state index is 13.0. The number of rotatable bonds is 2. The van der Waals surface area contributed by atoms with E-state index in [0.717, 1.165) is 0 Å². The Hall–Kier alpha value is -1.65. The predicted octanol–water partition coefficient (Wildman–Crippen LogP) is 1.85. The lowest BCUT2D eigenvalue weighted by atomic mass is 10.2. The Labute approximate surface area is 78.9 Å². The molecule has 0 saturated heterocycles. The molecule has 0 fully saturated rings. The second-order valence-corrected chi connectivity index (χ2v) is 2.50. The van der Waals surface area contributed by atoms with Gasteiger partial charge in [-0.05, 0) is 6.92 Å². The highest BCUT2D eigenvalue weighted by molar-refractivity contribution is 5.90. The number of hydrogen-bond donors (Lipinski definition) is 1. The third kappa shape index (κ3) is 1.99. The van der Waals surface area contributed by atoms with E-state index in [0.29, 0.717) is 12.1 Å². The summed E-state index contributed by atoms with van der Waals surface area (Å²) in [5, 5.41) is 8.80. The van der Waals surface area contributed by atoms with Gasteiger partial charge in [0.05, 0.1) is 6.61 Å². The summed E-state index contributed by atoms with van der Waals surface area (Å²) >= 11 is 0. The smallest absolute Gasteiger partial charge is 0.344 e. The van der Waals surface area contributed by atoms with Gasteiger partial charge in [-0.2, -0.15) is 0 Å². The Morgan fingerprint density at radius 3 is 2.36 bits per heavy atom. The van der Waals surface area contributed by atoms with E-state index >= 15 is 0 Å². The molecule has 1 aromatic carbocycles. The third-order valence-corrected chi connectivity index (χ3v) is 1.51. The monoisotopic (exact) mass is 202 g/mol. The molecule has 0 unspecified atom stereocenters. The first-order valence-electron chi connectivity index (χ1n) is 3.91. The largest absolute Gasteiger partial charge is 0.508 e. The molecule has 0 heterocycles. The van der Waals surface area contributed by atoms with Crippen LogP contribution in [0.4, 0.5) is 8.78 Å².